The Morgan fingerprint density at radius 3 is 2.24 bits per heavy atom. The number of ether oxygens (including phenoxy) is 3. The van der Waals surface area contributed by atoms with E-state index in [1.807, 2.05) is 54.6 Å². The molecule has 1 heterocycles. The highest BCUT2D eigenvalue weighted by Gasteiger charge is 2.44. The van der Waals surface area contributed by atoms with Gasteiger partial charge in [-0.3, -0.25) is 0 Å². The average molecular weight is 755 g/mol. The average Bonchev–Trinajstić information content (AvgIpc) is 3.36. The Balaban J connectivity index is 1.36. The molecular weight excluding hydrogens is 719 g/mol. The summed E-state index contributed by atoms with van der Waals surface area (Å²) in [6, 6.07) is 39.0. The number of hydrogen-bond donors (Lipinski definition) is 0. The minimum absolute atomic E-state index is 0.202. The number of esters is 1. The molecule has 0 radical (unpaired) electrons. The SMILES string of the molecule is COc1ccc(C2(c3ccc(C)cc3)C=Cc3c4c(c5ccc(C(=O)OCc6ccccc6)cc5c3O2)-c2ccc(I)cc2C4(C)C)cc1. The molecule has 5 heteroatoms. The number of methoxy groups -OCH3 is 1. The molecule has 0 spiro atoms. The van der Waals surface area contributed by atoms with Crippen LogP contribution in [0.4, 0.5) is 0 Å². The molecule has 0 aromatic heterocycles. The highest BCUT2D eigenvalue weighted by atomic mass is 127. The van der Waals surface area contributed by atoms with Crippen LogP contribution in [0.2, 0.25) is 0 Å². The van der Waals surface area contributed by atoms with Crippen molar-refractivity contribution in [3.8, 4) is 22.6 Å². The van der Waals surface area contributed by atoms with Crippen molar-refractivity contribution in [1.82, 2.24) is 0 Å². The Bertz CT molecular complexity index is 2290. The molecule has 6 aromatic rings. The molecule has 0 N–H and O–H groups in total. The van der Waals surface area contributed by atoms with Crippen LogP contribution in [0, 0.1) is 10.5 Å². The first-order valence-electron chi connectivity index (χ1n) is 16.5. The zero-order chi connectivity index (χ0) is 33.9. The van der Waals surface area contributed by atoms with E-state index >= 15 is 0 Å². The number of aryl methyl sites for hydroxylation is 1. The first kappa shape index (κ1) is 31.4. The first-order valence-corrected chi connectivity index (χ1v) is 17.5. The van der Waals surface area contributed by atoms with Gasteiger partial charge in [-0.15, -0.1) is 0 Å². The van der Waals surface area contributed by atoms with E-state index in [2.05, 4.69) is 116 Å². The summed E-state index contributed by atoms with van der Waals surface area (Å²) in [5.74, 6) is 1.15. The van der Waals surface area contributed by atoms with Gasteiger partial charge in [-0.05, 0) is 105 Å². The van der Waals surface area contributed by atoms with E-state index in [0.717, 1.165) is 44.5 Å². The summed E-state index contributed by atoms with van der Waals surface area (Å²) in [6.07, 6.45) is 4.43. The number of hydrogen-bond acceptors (Lipinski definition) is 4. The Hall–Kier alpha value is -4.88. The van der Waals surface area contributed by atoms with Crippen molar-refractivity contribution in [2.24, 2.45) is 0 Å². The summed E-state index contributed by atoms with van der Waals surface area (Å²) in [5.41, 5.74) is 9.32. The zero-order valence-electron chi connectivity index (χ0n) is 27.8. The lowest BCUT2D eigenvalue weighted by molar-refractivity contribution is 0.0473. The third-order valence-corrected chi connectivity index (χ3v) is 10.7. The number of carbonyl (C=O) groups is 1. The summed E-state index contributed by atoms with van der Waals surface area (Å²) < 4.78 is 20.0. The van der Waals surface area contributed by atoms with Crippen LogP contribution in [0.15, 0.2) is 121 Å². The molecule has 1 aliphatic carbocycles. The predicted molar refractivity (Wildman–Crippen MR) is 204 cm³/mol. The third-order valence-electron chi connectivity index (χ3n) is 10.0. The minimum atomic E-state index is -0.928. The number of carbonyl (C=O) groups excluding carboxylic acids is 1. The molecule has 1 aliphatic heterocycles. The summed E-state index contributed by atoms with van der Waals surface area (Å²) in [6.45, 7) is 6.89. The fourth-order valence-electron chi connectivity index (χ4n) is 7.51. The summed E-state index contributed by atoms with van der Waals surface area (Å²) in [7, 11) is 1.67. The van der Waals surface area contributed by atoms with Crippen LogP contribution in [0.25, 0.3) is 28.0 Å². The molecule has 0 fully saturated rings. The predicted octanol–water partition coefficient (Wildman–Crippen LogP) is 10.8. The quantitative estimate of drug-likeness (QED) is 0.125. The van der Waals surface area contributed by atoms with E-state index in [-0.39, 0.29) is 18.0 Å². The van der Waals surface area contributed by atoms with Crippen molar-refractivity contribution in [3.05, 3.63) is 169 Å². The highest BCUT2D eigenvalue weighted by molar-refractivity contribution is 14.1. The van der Waals surface area contributed by atoms with Gasteiger partial charge < -0.3 is 14.2 Å². The van der Waals surface area contributed by atoms with Crippen LogP contribution in [-0.2, 0) is 22.4 Å². The normalized spacial score (nSPS) is 16.8. The van der Waals surface area contributed by atoms with E-state index in [0.29, 0.717) is 5.56 Å². The summed E-state index contributed by atoms with van der Waals surface area (Å²) in [5, 5.41) is 1.92. The van der Waals surface area contributed by atoms with Gasteiger partial charge in [0.25, 0.3) is 0 Å². The lowest BCUT2D eigenvalue weighted by Gasteiger charge is -2.38. The molecule has 4 nitrogen and oxygen atoms in total. The number of fused-ring (bicyclic) bond motifs is 8. The molecule has 6 aromatic carbocycles. The molecule has 0 bridgehead atoms. The molecule has 0 saturated heterocycles. The Labute approximate surface area is 300 Å². The second-order valence-corrected chi connectivity index (χ2v) is 14.6. The fraction of sp³-hybridized carbons (Fsp3) is 0.159. The van der Waals surface area contributed by atoms with Crippen LogP contribution < -0.4 is 9.47 Å². The highest BCUT2D eigenvalue weighted by Crippen LogP contribution is 2.58. The van der Waals surface area contributed by atoms with Crippen LogP contribution in [0.5, 0.6) is 11.5 Å². The summed E-state index contributed by atoms with van der Waals surface area (Å²) >= 11 is 2.40. The Kier molecular flexibility index (Phi) is 7.63. The Morgan fingerprint density at radius 1 is 0.816 bits per heavy atom. The number of benzene rings is 6. The maximum absolute atomic E-state index is 13.6. The van der Waals surface area contributed by atoms with Gasteiger partial charge in [0.2, 0.25) is 0 Å². The standard InChI is InChI=1S/C44H35IO4/c1-27-10-13-30(14-11-27)44(31-15-18-33(47-4)19-16-31)23-22-36-40-39(35-21-17-32(45)25-38(35)43(40,2)3)34-20-12-29(24-37(34)41(36)49-44)42(46)48-26-28-8-6-5-7-9-28/h5-25H,26H2,1-4H3. The maximum Gasteiger partial charge on any atom is 0.338 e. The van der Waals surface area contributed by atoms with Gasteiger partial charge in [-0.1, -0.05) is 104 Å². The molecule has 0 saturated carbocycles. The van der Waals surface area contributed by atoms with Crippen LogP contribution in [0.1, 0.15) is 63.1 Å². The molecule has 242 valence electrons. The van der Waals surface area contributed by atoms with E-state index in [9.17, 15) is 4.79 Å². The third kappa shape index (κ3) is 5.14. The van der Waals surface area contributed by atoms with Crippen molar-refractivity contribution in [2.75, 3.05) is 7.11 Å². The minimum Gasteiger partial charge on any atom is -0.497 e. The number of halogens is 1. The maximum atomic E-state index is 13.6. The largest absolute Gasteiger partial charge is 0.497 e. The molecule has 49 heavy (non-hydrogen) atoms. The van der Waals surface area contributed by atoms with E-state index in [1.165, 1.54) is 31.4 Å². The van der Waals surface area contributed by atoms with Gasteiger partial charge in [-0.25, -0.2) is 4.79 Å². The zero-order valence-corrected chi connectivity index (χ0v) is 30.0. The van der Waals surface area contributed by atoms with Crippen LogP contribution in [0.3, 0.4) is 0 Å². The lowest BCUT2D eigenvalue weighted by atomic mass is 9.76. The smallest absolute Gasteiger partial charge is 0.338 e. The second kappa shape index (κ2) is 11.9. The van der Waals surface area contributed by atoms with Gasteiger partial charge >= 0.3 is 5.97 Å². The Morgan fingerprint density at radius 2 is 1.53 bits per heavy atom. The molecule has 2 aliphatic rings. The van der Waals surface area contributed by atoms with Gasteiger partial charge in [0.05, 0.1) is 12.7 Å². The summed E-state index contributed by atoms with van der Waals surface area (Å²) in [4.78, 5) is 13.6. The van der Waals surface area contributed by atoms with Gasteiger partial charge in [0.15, 0.2) is 5.60 Å². The topological polar surface area (TPSA) is 44.8 Å². The first-order chi connectivity index (χ1) is 23.7. The molecule has 1 unspecified atom stereocenters. The van der Waals surface area contributed by atoms with Crippen molar-refractivity contribution in [2.45, 2.75) is 38.4 Å². The van der Waals surface area contributed by atoms with Crippen molar-refractivity contribution < 1.29 is 19.0 Å². The van der Waals surface area contributed by atoms with E-state index in [4.69, 9.17) is 14.2 Å². The van der Waals surface area contributed by atoms with E-state index in [1.54, 1.807) is 7.11 Å². The second-order valence-electron chi connectivity index (χ2n) is 13.4. The monoisotopic (exact) mass is 754 g/mol. The van der Waals surface area contributed by atoms with Crippen molar-refractivity contribution >= 4 is 45.4 Å². The molecule has 8 rings (SSSR count). The fourth-order valence-corrected chi connectivity index (χ4v) is 8.00. The molecule has 0 amide bonds. The van der Waals surface area contributed by atoms with Gasteiger partial charge in [0, 0.05) is 31.1 Å². The van der Waals surface area contributed by atoms with E-state index < -0.39 is 5.60 Å². The molecule has 1 atom stereocenters. The van der Waals surface area contributed by atoms with Crippen molar-refractivity contribution in [1.29, 1.82) is 0 Å². The lowest BCUT2D eigenvalue weighted by Crippen LogP contribution is -2.35. The van der Waals surface area contributed by atoms with Crippen LogP contribution >= 0.6 is 22.6 Å². The van der Waals surface area contributed by atoms with Gasteiger partial charge in [0.1, 0.15) is 18.1 Å². The molecular formula is C44H35IO4. The van der Waals surface area contributed by atoms with Crippen LogP contribution in [-0.4, -0.2) is 13.1 Å². The van der Waals surface area contributed by atoms with Gasteiger partial charge in [-0.2, -0.15) is 0 Å². The number of rotatable bonds is 6. The van der Waals surface area contributed by atoms with Crippen molar-refractivity contribution in [3.63, 3.8) is 0 Å².